The molecule has 2 unspecified atom stereocenters. The summed E-state index contributed by atoms with van der Waals surface area (Å²) in [4.78, 5) is 12.0. The van der Waals surface area contributed by atoms with Gasteiger partial charge in [0.2, 0.25) is 0 Å². The highest BCUT2D eigenvalue weighted by molar-refractivity contribution is 7.77. The smallest absolute Gasteiger partial charge is 0.424 e. The lowest BCUT2D eigenvalue weighted by Gasteiger charge is -2.30. The lowest BCUT2D eigenvalue weighted by atomic mass is 10.2. The minimum Gasteiger partial charge on any atom is -0.486 e. The number of carbonyl (C=O) groups excluding carboxylic acids is 1. The summed E-state index contributed by atoms with van der Waals surface area (Å²) in [5.41, 5.74) is -0.776. The van der Waals surface area contributed by atoms with E-state index in [9.17, 15) is 13.6 Å². The molecule has 2 rings (SSSR count). The molecule has 23 heavy (non-hydrogen) atoms. The monoisotopic (exact) mass is 363 g/mol. The third-order valence-electron chi connectivity index (χ3n) is 2.78. The Hall–Kier alpha value is -1.51. The van der Waals surface area contributed by atoms with E-state index in [1.807, 2.05) is 0 Å². The predicted octanol–water partition coefficient (Wildman–Crippen LogP) is 2.85. The number of halogens is 1. The van der Waals surface area contributed by atoms with Crippen LogP contribution in [0.25, 0.3) is 0 Å². The lowest BCUT2D eigenvalue weighted by Crippen LogP contribution is -2.46. The molecule has 0 aliphatic carbocycles. The van der Waals surface area contributed by atoms with Crippen molar-refractivity contribution in [1.29, 1.82) is 0 Å². The van der Waals surface area contributed by atoms with Gasteiger partial charge in [0.15, 0.2) is 17.6 Å². The van der Waals surface area contributed by atoms with Gasteiger partial charge in [-0.1, -0.05) is 11.6 Å². The number of benzene rings is 1. The van der Waals surface area contributed by atoms with Crippen molar-refractivity contribution >= 4 is 29.0 Å². The van der Waals surface area contributed by atoms with Crippen LogP contribution in [0.15, 0.2) is 18.2 Å². The Bertz CT molecular complexity index is 618. The van der Waals surface area contributed by atoms with E-state index in [0.717, 1.165) is 0 Å². The summed E-state index contributed by atoms with van der Waals surface area (Å²) in [5.74, 6) is 0.946. The van der Waals surface area contributed by atoms with Crippen molar-refractivity contribution in [2.45, 2.75) is 32.5 Å². The minimum atomic E-state index is -2.53. The summed E-state index contributed by atoms with van der Waals surface area (Å²) >= 11 is 3.33. The predicted molar refractivity (Wildman–Crippen MR) is 85.1 cm³/mol. The summed E-state index contributed by atoms with van der Waals surface area (Å²) in [6.07, 6.45) is -1.50. The number of carbonyl (C=O) groups is 1. The van der Waals surface area contributed by atoms with Gasteiger partial charge in [-0.3, -0.25) is 4.55 Å². The molecule has 1 N–H and O–H groups in total. The van der Waals surface area contributed by atoms with Gasteiger partial charge in [-0.05, 0) is 32.9 Å². The molecule has 0 bridgehead atoms. The molecule has 1 aromatic carbocycles. The van der Waals surface area contributed by atoms with Crippen molar-refractivity contribution < 1.29 is 27.8 Å². The highest BCUT2D eigenvalue weighted by Crippen LogP contribution is 2.34. The highest BCUT2D eigenvalue weighted by Gasteiger charge is 2.31. The van der Waals surface area contributed by atoms with Gasteiger partial charge < -0.3 is 14.2 Å². The van der Waals surface area contributed by atoms with Crippen LogP contribution in [-0.2, 0) is 16.0 Å². The van der Waals surface area contributed by atoms with Crippen LogP contribution >= 0.6 is 11.6 Å². The minimum absolute atomic E-state index is 0.115. The van der Waals surface area contributed by atoms with E-state index in [2.05, 4.69) is 0 Å². The Morgan fingerprint density at radius 3 is 2.78 bits per heavy atom. The first-order chi connectivity index (χ1) is 10.7. The van der Waals surface area contributed by atoms with E-state index in [4.69, 9.17) is 25.8 Å². The number of hydrogen-bond acceptors (Lipinski definition) is 5. The van der Waals surface area contributed by atoms with Gasteiger partial charge >= 0.3 is 6.09 Å². The van der Waals surface area contributed by atoms with E-state index in [0.29, 0.717) is 20.8 Å². The lowest BCUT2D eigenvalue weighted by molar-refractivity contribution is 0.0263. The Kier molecular flexibility index (Phi) is 5.38. The van der Waals surface area contributed by atoms with Gasteiger partial charge in [-0.2, -0.15) is 4.31 Å². The first kappa shape index (κ1) is 17.8. The molecule has 1 heterocycles. The number of amides is 1. The molecule has 1 aliphatic heterocycles. The van der Waals surface area contributed by atoms with Crippen LogP contribution in [0.2, 0.25) is 5.02 Å². The second-order valence-corrected chi connectivity index (χ2v) is 7.25. The van der Waals surface area contributed by atoms with Gasteiger partial charge in [-0.15, -0.1) is 0 Å². The number of rotatable bonds is 3. The summed E-state index contributed by atoms with van der Waals surface area (Å²) in [5, 5.41) is 0.512. The Morgan fingerprint density at radius 1 is 1.48 bits per heavy atom. The fourth-order valence-corrected chi connectivity index (χ4v) is 2.50. The maximum atomic E-state index is 12.0. The molecule has 2 atom stereocenters. The van der Waals surface area contributed by atoms with Crippen molar-refractivity contribution in [3.63, 3.8) is 0 Å². The molecule has 1 aliphatic rings. The molecule has 0 radical (unpaired) electrons. The van der Waals surface area contributed by atoms with Crippen LogP contribution in [0.3, 0.4) is 0 Å². The van der Waals surface area contributed by atoms with Crippen molar-refractivity contribution in [2.75, 3.05) is 13.2 Å². The summed E-state index contributed by atoms with van der Waals surface area (Å²) < 4.78 is 37.7. The largest absolute Gasteiger partial charge is 0.486 e. The van der Waals surface area contributed by atoms with Crippen LogP contribution in [0, 0.1) is 0 Å². The summed E-state index contributed by atoms with van der Waals surface area (Å²) in [6, 6.07) is 4.89. The SMILES string of the molecule is CC(C)(C)OC(=O)N(CC1COc2cc(Cl)ccc2O1)S(=O)O. The fourth-order valence-electron chi connectivity index (χ4n) is 1.88. The molecule has 0 fully saturated rings. The average Bonchev–Trinajstić information content (AvgIpc) is 2.42. The fraction of sp³-hybridized carbons (Fsp3) is 0.500. The zero-order chi connectivity index (χ0) is 17.2. The molecule has 0 saturated heterocycles. The molecule has 128 valence electrons. The van der Waals surface area contributed by atoms with Gasteiger partial charge in [-0.25, -0.2) is 9.00 Å². The van der Waals surface area contributed by atoms with Crippen molar-refractivity contribution in [3.05, 3.63) is 23.2 Å². The molecule has 1 amide bonds. The van der Waals surface area contributed by atoms with Crippen molar-refractivity contribution in [3.8, 4) is 11.5 Å². The normalized spacial score (nSPS) is 18.2. The van der Waals surface area contributed by atoms with Crippen LogP contribution in [0.5, 0.6) is 11.5 Å². The van der Waals surface area contributed by atoms with E-state index < -0.39 is 29.1 Å². The Labute approximate surface area is 141 Å². The van der Waals surface area contributed by atoms with Crippen LogP contribution in [0.4, 0.5) is 4.79 Å². The van der Waals surface area contributed by atoms with Gasteiger partial charge in [0.25, 0.3) is 11.3 Å². The van der Waals surface area contributed by atoms with Crippen LogP contribution in [0.1, 0.15) is 20.8 Å². The van der Waals surface area contributed by atoms with E-state index >= 15 is 0 Å². The topological polar surface area (TPSA) is 85.3 Å². The average molecular weight is 364 g/mol. The van der Waals surface area contributed by atoms with Crippen LogP contribution < -0.4 is 9.47 Å². The molecule has 7 nitrogen and oxygen atoms in total. The second kappa shape index (κ2) is 6.94. The number of nitrogens with zero attached hydrogens (tertiary/aromatic N) is 1. The number of fused-ring (bicyclic) bond motifs is 1. The first-order valence-electron chi connectivity index (χ1n) is 6.86. The molecule has 9 heteroatoms. The third kappa shape index (κ3) is 4.98. The number of ether oxygens (including phenoxy) is 3. The van der Waals surface area contributed by atoms with Gasteiger partial charge in [0.1, 0.15) is 12.2 Å². The van der Waals surface area contributed by atoms with Gasteiger partial charge in [0.05, 0.1) is 6.54 Å². The third-order valence-corrected chi connectivity index (χ3v) is 3.69. The Morgan fingerprint density at radius 2 is 2.17 bits per heavy atom. The second-order valence-electron chi connectivity index (χ2n) is 5.91. The zero-order valence-corrected chi connectivity index (χ0v) is 14.5. The molecular formula is C14H18ClNO6S. The van der Waals surface area contributed by atoms with Crippen molar-refractivity contribution in [2.24, 2.45) is 0 Å². The van der Waals surface area contributed by atoms with E-state index in [-0.39, 0.29) is 13.2 Å². The maximum absolute atomic E-state index is 12.0. The standard InChI is InChI=1S/C14H18ClNO6S/c1-14(2,3)22-13(17)16(23(18)19)7-10-8-20-12-6-9(15)4-5-11(12)21-10/h4-6,10H,7-8H2,1-3H3,(H,18,19). The first-order valence-corrected chi connectivity index (χ1v) is 8.30. The van der Waals surface area contributed by atoms with E-state index in [1.165, 1.54) is 0 Å². The van der Waals surface area contributed by atoms with Crippen LogP contribution in [-0.4, -0.2) is 44.0 Å². The van der Waals surface area contributed by atoms with Crippen molar-refractivity contribution in [1.82, 2.24) is 4.31 Å². The number of hydrogen-bond donors (Lipinski definition) is 1. The summed E-state index contributed by atoms with van der Waals surface area (Å²) in [6.45, 7) is 4.97. The van der Waals surface area contributed by atoms with E-state index in [1.54, 1.807) is 39.0 Å². The molecule has 0 spiro atoms. The maximum Gasteiger partial charge on any atom is 0.424 e. The molecule has 0 saturated carbocycles. The highest BCUT2D eigenvalue weighted by atomic mass is 35.5. The molecular weight excluding hydrogens is 346 g/mol. The Balaban J connectivity index is 2.05. The zero-order valence-electron chi connectivity index (χ0n) is 12.9. The molecule has 1 aromatic rings. The summed E-state index contributed by atoms with van der Waals surface area (Å²) in [7, 11) is 0. The quantitative estimate of drug-likeness (QED) is 0.831. The molecule has 0 aromatic heterocycles. The van der Waals surface area contributed by atoms with Gasteiger partial charge in [0, 0.05) is 11.1 Å².